The zero-order valence-corrected chi connectivity index (χ0v) is 9.64. The van der Waals surface area contributed by atoms with Crippen LogP contribution in [0.1, 0.15) is 23.5 Å². The summed E-state index contributed by atoms with van der Waals surface area (Å²) in [5.41, 5.74) is 7.46. The van der Waals surface area contributed by atoms with E-state index in [1.54, 1.807) is 0 Å². The van der Waals surface area contributed by atoms with Crippen LogP contribution in [0.5, 0.6) is 0 Å². The second-order valence-electron chi connectivity index (χ2n) is 4.39. The SMILES string of the molecule is C(=Cc1ccccc1)=C1C[C@@H]1c1ccccc1. The van der Waals surface area contributed by atoms with Crippen LogP contribution in [0.25, 0.3) is 6.08 Å². The lowest BCUT2D eigenvalue weighted by Crippen LogP contribution is -1.75. The Labute approximate surface area is 102 Å². The van der Waals surface area contributed by atoms with Crippen LogP contribution in [0, 0.1) is 0 Å². The van der Waals surface area contributed by atoms with Gasteiger partial charge in [-0.1, -0.05) is 60.7 Å². The summed E-state index contributed by atoms with van der Waals surface area (Å²) < 4.78 is 0. The van der Waals surface area contributed by atoms with Crippen LogP contribution in [0.2, 0.25) is 0 Å². The second kappa shape index (κ2) is 4.45. The van der Waals surface area contributed by atoms with Crippen molar-refractivity contribution < 1.29 is 0 Å². The molecule has 0 nitrogen and oxygen atoms in total. The van der Waals surface area contributed by atoms with Crippen molar-refractivity contribution in [3.8, 4) is 0 Å². The Morgan fingerprint density at radius 3 is 2.24 bits per heavy atom. The fourth-order valence-corrected chi connectivity index (χ4v) is 2.05. The van der Waals surface area contributed by atoms with Gasteiger partial charge in [0.1, 0.15) is 0 Å². The molecular weight excluding hydrogens is 204 g/mol. The van der Waals surface area contributed by atoms with E-state index < -0.39 is 0 Å². The van der Waals surface area contributed by atoms with Gasteiger partial charge < -0.3 is 0 Å². The average Bonchev–Trinajstić information content (AvgIpc) is 3.18. The molecule has 17 heavy (non-hydrogen) atoms. The molecule has 82 valence electrons. The first-order chi connectivity index (χ1) is 8.43. The van der Waals surface area contributed by atoms with Crippen molar-refractivity contribution in [1.82, 2.24) is 0 Å². The summed E-state index contributed by atoms with van der Waals surface area (Å²) in [4.78, 5) is 0. The molecule has 2 aromatic carbocycles. The molecule has 1 atom stereocenters. The van der Waals surface area contributed by atoms with Crippen LogP contribution >= 0.6 is 0 Å². The lowest BCUT2D eigenvalue weighted by atomic mass is 10.1. The normalized spacial score (nSPS) is 17.4. The van der Waals surface area contributed by atoms with Gasteiger partial charge in [0, 0.05) is 5.92 Å². The van der Waals surface area contributed by atoms with E-state index >= 15 is 0 Å². The van der Waals surface area contributed by atoms with Gasteiger partial charge in [-0.3, -0.25) is 0 Å². The highest BCUT2D eigenvalue weighted by atomic mass is 14.3. The Morgan fingerprint density at radius 2 is 1.53 bits per heavy atom. The third-order valence-electron chi connectivity index (χ3n) is 3.11. The summed E-state index contributed by atoms with van der Waals surface area (Å²) in [7, 11) is 0. The number of hydrogen-bond acceptors (Lipinski definition) is 0. The van der Waals surface area contributed by atoms with Gasteiger partial charge in [0.15, 0.2) is 0 Å². The van der Waals surface area contributed by atoms with Gasteiger partial charge in [-0.2, -0.15) is 0 Å². The third kappa shape index (κ3) is 2.38. The van der Waals surface area contributed by atoms with Gasteiger partial charge in [0.2, 0.25) is 0 Å². The molecule has 3 rings (SSSR count). The number of hydrogen-bond donors (Lipinski definition) is 0. The molecule has 0 spiro atoms. The summed E-state index contributed by atoms with van der Waals surface area (Å²) in [6.07, 6.45) is 3.24. The Balaban J connectivity index is 1.79. The van der Waals surface area contributed by atoms with Gasteiger partial charge in [0.25, 0.3) is 0 Å². The number of benzene rings is 2. The van der Waals surface area contributed by atoms with Crippen molar-refractivity contribution >= 4 is 6.08 Å². The average molecular weight is 218 g/mol. The summed E-state index contributed by atoms with van der Waals surface area (Å²) in [5, 5.41) is 0. The molecule has 0 N–H and O–H groups in total. The molecular formula is C17H14. The van der Waals surface area contributed by atoms with Gasteiger partial charge in [-0.15, -0.1) is 5.73 Å². The summed E-state index contributed by atoms with van der Waals surface area (Å²) >= 11 is 0. The highest BCUT2D eigenvalue weighted by molar-refractivity contribution is 5.52. The van der Waals surface area contributed by atoms with Crippen molar-refractivity contribution in [2.75, 3.05) is 0 Å². The maximum Gasteiger partial charge on any atom is 0.0168 e. The van der Waals surface area contributed by atoms with Crippen molar-refractivity contribution in [3.63, 3.8) is 0 Å². The van der Waals surface area contributed by atoms with E-state index in [1.807, 2.05) is 6.07 Å². The molecule has 0 saturated heterocycles. The minimum Gasteiger partial charge on any atom is -0.120 e. The smallest absolute Gasteiger partial charge is 0.0168 e. The second-order valence-corrected chi connectivity index (χ2v) is 4.39. The molecule has 2 aromatic rings. The molecule has 0 radical (unpaired) electrons. The quantitative estimate of drug-likeness (QED) is 0.655. The maximum atomic E-state index is 3.41. The molecule has 0 heteroatoms. The Morgan fingerprint density at radius 1 is 0.882 bits per heavy atom. The lowest BCUT2D eigenvalue weighted by Gasteiger charge is -1.92. The zero-order valence-electron chi connectivity index (χ0n) is 9.64. The Bertz CT molecular complexity index is 558. The Kier molecular flexibility index (Phi) is 2.65. The molecule has 0 heterocycles. The summed E-state index contributed by atoms with van der Waals surface area (Å²) in [5.74, 6) is 0.608. The van der Waals surface area contributed by atoms with E-state index in [-0.39, 0.29) is 0 Å². The van der Waals surface area contributed by atoms with E-state index in [1.165, 1.54) is 16.7 Å². The zero-order chi connectivity index (χ0) is 11.5. The van der Waals surface area contributed by atoms with Crippen LogP contribution in [-0.2, 0) is 0 Å². The van der Waals surface area contributed by atoms with Crippen LogP contribution in [0.15, 0.2) is 72.0 Å². The van der Waals surface area contributed by atoms with Crippen LogP contribution in [0.3, 0.4) is 0 Å². The molecule has 1 saturated carbocycles. The highest BCUT2D eigenvalue weighted by Crippen LogP contribution is 2.45. The fraction of sp³-hybridized carbons (Fsp3) is 0.118. The minimum absolute atomic E-state index is 0.608. The first kappa shape index (κ1) is 10.1. The van der Waals surface area contributed by atoms with Gasteiger partial charge in [-0.25, -0.2) is 0 Å². The standard InChI is InChI=1S/C17H14/c1-3-7-14(8-4-1)11-12-16-13-17(16)15-9-5-2-6-10-15/h1-11,17H,13H2/t12?,17-/m1/s1. The molecule has 1 fully saturated rings. The molecule has 0 amide bonds. The molecule has 0 aliphatic heterocycles. The minimum atomic E-state index is 0.608. The summed E-state index contributed by atoms with van der Waals surface area (Å²) in [6, 6.07) is 21.0. The monoisotopic (exact) mass is 218 g/mol. The molecule has 1 aliphatic rings. The number of allylic oxidation sites excluding steroid dienone is 1. The van der Waals surface area contributed by atoms with Crippen LogP contribution in [-0.4, -0.2) is 0 Å². The predicted octanol–water partition coefficient (Wildman–Crippen LogP) is 4.41. The highest BCUT2D eigenvalue weighted by Gasteiger charge is 2.30. The lowest BCUT2D eigenvalue weighted by molar-refractivity contribution is 1.16. The first-order valence-corrected chi connectivity index (χ1v) is 5.99. The maximum absolute atomic E-state index is 3.41. The predicted molar refractivity (Wildman–Crippen MR) is 71.7 cm³/mol. The van der Waals surface area contributed by atoms with Crippen LogP contribution < -0.4 is 0 Å². The molecule has 0 bridgehead atoms. The van der Waals surface area contributed by atoms with E-state index in [9.17, 15) is 0 Å². The third-order valence-corrected chi connectivity index (χ3v) is 3.11. The van der Waals surface area contributed by atoms with Gasteiger partial charge in [0.05, 0.1) is 0 Å². The van der Waals surface area contributed by atoms with Gasteiger partial charge >= 0.3 is 0 Å². The van der Waals surface area contributed by atoms with E-state index in [0.717, 1.165) is 6.42 Å². The largest absolute Gasteiger partial charge is 0.120 e. The summed E-state index contributed by atoms with van der Waals surface area (Å²) in [6.45, 7) is 0. The topological polar surface area (TPSA) is 0 Å². The van der Waals surface area contributed by atoms with Crippen LogP contribution in [0.4, 0.5) is 0 Å². The van der Waals surface area contributed by atoms with Crippen molar-refractivity contribution in [2.45, 2.75) is 12.3 Å². The fourth-order valence-electron chi connectivity index (χ4n) is 2.05. The van der Waals surface area contributed by atoms with E-state index in [4.69, 9.17) is 0 Å². The first-order valence-electron chi connectivity index (χ1n) is 5.99. The van der Waals surface area contributed by atoms with Crippen molar-refractivity contribution in [2.24, 2.45) is 0 Å². The van der Waals surface area contributed by atoms with Crippen molar-refractivity contribution in [3.05, 3.63) is 83.1 Å². The number of rotatable bonds is 2. The Hall–Kier alpha value is -2.04. The van der Waals surface area contributed by atoms with E-state index in [2.05, 4.69) is 66.4 Å². The van der Waals surface area contributed by atoms with Gasteiger partial charge in [-0.05, 0) is 29.2 Å². The molecule has 1 aliphatic carbocycles. The van der Waals surface area contributed by atoms with Crippen molar-refractivity contribution in [1.29, 1.82) is 0 Å². The molecule has 0 aromatic heterocycles. The molecule has 0 unspecified atom stereocenters. The van der Waals surface area contributed by atoms with E-state index in [0.29, 0.717) is 5.92 Å².